The molecule has 2 rings (SSSR count). The lowest BCUT2D eigenvalue weighted by molar-refractivity contribution is -0.154. The second kappa shape index (κ2) is 8.24. The highest BCUT2D eigenvalue weighted by molar-refractivity contribution is 5.83. The van der Waals surface area contributed by atoms with Crippen molar-refractivity contribution in [1.29, 1.82) is 0 Å². The number of amides is 1. The lowest BCUT2D eigenvalue weighted by atomic mass is 10.1. The third kappa shape index (κ3) is 5.19. The predicted octanol–water partition coefficient (Wildman–Crippen LogP) is 2.92. The summed E-state index contributed by atoms with van der Waals surface area (Å²) in [4.78, 5) is 23.9. The number of nitrogens with one attached hydrogen (secondary N) is 1. The van der Waals surface area contributed by atoms with Crippen LogP contribution >= 0.6 is 0 Å². The van der Waals surface area contributed by atoms with Gasteiger partial charge in [0, 0.05) is 6.54 Å². The Hall–Kier alpha value is -2.69. The Balaban J connectivity index is 1.81. The van der Waals surface area contributed by atoms with Gasteiger partial charge in [0.05, 0.1) is 6.42 Å². The lowest BCUT2D eigenvalue weighted by Crippen LogP contribution is -2.35. The molecule has 1 unspecified atom stereocenters. The molecule has 0 aliphatic carbocycles. The molecule has 0 saturated carbocycles. The van der Waals surface area contributed by atoms with E-state index >= 15 is 0 Å². The van der Waals surface area contributed by atoms with Crippen LogP contribution in [0.2, 0.25) is 0 Å². The first kappa shape index (κ1) is 17.7. The van der Waals surface area contributed by atoms with Crippen LogP contribution in [0.5, 0.6) is 0 Å². The Bertz CT molecular complexity index is 713. The van der Waals surface area contributed by atoms with Gasteiger partial charge in [0.25, 0.3) is 5.91 Å². The predicted molar refractivity (Wildman–Crippen MR) is 88.7 cm³/mol. The highest BCUT2D eigenvalue weighted by atomic mass is 19.1. The summed E-state index contributed by atoms with van der Waals surface area (Å²) in [6, 6.07) is 13.4. The van der Waals surface area contributed by atoms with Crippen molar-refractivity contribution >= 4 is 11.9 Å². The van der Waals surface area contributed by atoms with Crippen molar-refractivity contribution in [1.82, 2.24) is 5.32 Å². The van der Waals surface area contributed by atoms with E-state index in [-0.39, 0.29) is 18.8 Å². The number of rotatable bonds is 6. The molecule has 4 nitrogen and oxygen atoms in total. The number of hydrogen-bond donors (Lipinski definition) is 1. The van der Waals surface area contributed by atoms with E-state index in [9.17, 15) is 14.0 Å². The molecule has 0 aliphatic heterocycles. The minimum atomic E-state index is -0.887. The Morgan fingerprint density at radius 1 is 1.12 bits per heavy atom. The average molecular weight is 329 g/mol. The van der Waals surface area contributed by atoms with Gasteiger partial charge in [-0.15, -0.1) is 0 Å². The second-order valence-corrected chi connectivity index (χ2v) is 5.58. The maximum absolute atomic E-state index is 12.8. The molecule has 0 saturated heterocycles. The molecule has 24 heavy (non-hydrogen) atoms. The Morgan fingerprint density at radius 2 is 1.79 bits per heavy atom. The second-order valence-electron chi connectivity index (χ2n) is 5.58. The van der Waals surface area contributed by atoms with Crippen LogP contribution in [0.1, 0.15) is 23.6 Å². The smallest absolute Gasteiger partial charge is 0.311 e. The number of hydrogen-bond acceptors (Lipinski definition) is 3. The maximum atomic E-state index is 12.8. The van der Waals surface area contributed by atoms with E-state index in [0.717, 1.165) is 16.7 Å². The van der Waals surface area contributed by atoms with Gasteiger partial charge in [0.2, 0.25) is 0 Å². The van der Waals surface area contributed by atoms with Gasteiger partial charge < -0.3 is 10.1 Å². The van der Waals surface area contributed by atoms with Crippen molar-refractivity contribution in [2.24, 2.45) is 0 Å². The van der Waals surface area contributed by atoms with Crippen molar-refractivity contribution in [2.75, 3.05) is 0 Å². The van der Waals surface area contributed by atoms with Crippen LogP contribution in [0.3, 0.4) is 0 Å². The molecule has 1 amide bonds. The molecule has 0 bridgehead atoms. The Morgan fingerprint density at radius 3 is 2.46 bits per heavy atom. The van der Waals surface area contributed by atoms with Gasteiger partial charge in [-0.05, 0) is 42.7 Å². The minimum absolute atomic E-state index is 0.127. The number of aryl methyl sites for hydroxylation is 1. The molecule has 2 aromatic rings. The molecule has 0 fully saturated rings. The zero-order valence-electron chi connectivity index (χ0n) is 13.7. The summed E-state index contributed by atoms with van der Waals surface area (Å²) in [6.07, 6.45) is -0.760. The SMILES string of the molecule is Cc1ccccc1CC(=O)OC(C)C(=O)NCc1ccc(F)cc1. The zero-order chi connectivity index (χ0) is 17.5. The number of carbonyl (C=O) groups excluding carboxylic acids is 2. The fourth-order valence-electron chi connectivity index (χ4n) is 2.19. The topological polar surface area (TPSA) is 55.4 Å². The number of carbonyl (C=O) groups is 2. The highest BCUT2D eigenvalue weighted by Gasteiger charge is 2.18. The van der Waals surface area contributed by atoms with Gasteiger partial charge in [-0.3, -0.25) is 9.59 Å². The van der Waals surface area contributed by atoms with E-state index in [1.807, 2.05) is 31.2 Å². The standard InChI is InChI=1S/C19H20FNO3/c1-13-5-3-4-6-16(13)11-18(22)24-14(2)19(23)21-12-15-7-9-17(20)10-8-15/h3-10,14H,11-12H2,1-2H3,(H,21,23). The van der Waals surface area contributed by atoms with Gasteiger partial charge in [-0.1, -0.05) is 36.4 Å². The molecule has 5 heteroatoms. The Kier molecular flexibility index (Phi) is 6.07. The van der Waals surface area contributed by atoms with Crippen LogP contribution in [0, 0.1) is 12.7 Å². The molecular weight excluding hydrogens is 309 g/mol. The normalized spacial score (nSPS) is 11.6. The van der Waals surface area contributed by atoms with Gasteiger partial charge in [0.1, 0.15) is 5.82 Å². The lowest BCUT2D eigenvalue weighted by Gasteiger charge is -2.14. The first-order valence-corrected chi connectivity index (χ1v) is 7.72. The van der Waals surface area contributed by atoms with Crippen LogP contribution in [0.25, 0.3) is 0 Å². The fraction of sp³-hybridized carbons (Fsp3) is 0.263. The molecular formula is C19H20FNO3. The maximum Gasteiger partial charge on any atom is 0.311 e. The van der Waals surface area contributed by atoms with Crippen molar-refractivity contribution in [3.05, 3.63) is 71.0 Å². The molecule has 0 aromatic heterocycles. The third-order valence-electron chi connectivity index (χ3n) is 3.65. The Labute approximate surface area is 140 Å². The molecule has 0 heterocycles. The number of esters is 1. The summed E-state index contributed by atoms with van der Waals surface area (Å²) >= 11 is 0. The van der Waals surface area contributed by atoms with Crippen molar-refractivity contribution in [3.8, 4) is 0 Å². The first-order chi connectivity index (χ1) is 11.5. The largest absolute Gasteiger partial charge is 0.452 e. The monoisotopic (exact) mass is 329 g/mol. The van der Waals surface area contributed by atoms with Crippen LogP contribution in [0.4, 0.5) is 4.39 Å². The summed E-state index contributed by atoms with van der Waals surface area (Å²) in [5.74, 6) is -1.17. The van der Waals surface area contributed by atoms with Crippen molar-refractivity contribution in [2.45, 2.75) is 32.9 Å². The summed E-state index contributed by atoms with van der Waals surface area (Å²) in [7, 11) is 0. The van der Waals surface area contributed by atoms with Crippen molar-refractivity contribution in [3.63, 3.8) is 0 Å². The van der Waals surface area contributed by atoms with E-state index < -0.39 is 18.0 Å². The minimum Gasteiger partial charge on any atom is -0.452 e. The van der Waals surface area contributed by atoms with Crippen LogP contribution in [0.15, 0.2) is 48.5 Å². The molecule has 0 spiro atoms. The summed E-state index contributed by atoms with van der Waals surface area (Å²) in [6.45, 7) is 3.69. The van der Waals surface area contributed by atoms with Crippen LogP contribution in [-0.2, 0) is 27.3 Å². The van der Waals surface area contributed by atoms with E-state index in [1.54, 1.807) is 12.1 Å². The van der Waals surface area contributed by atoms with Gasteiger partial charge >= 0.3 is 5.97 Å². The molecule has 1 N–H and O–H groups in total. The van der Waals surface area contributed by atoms with E-state index in [1.165, 1.54) is 19.1 Å². The van der Waals surface area contributed by atoms with E-state index in [4.69, 9.17) is 4.74 Å². The fourth-order valence-corrected chi connectivity index (χ4v) is 2.19. The van der Waals surface area contributed by atoms with Crippen molar-refractivity contribution < 1.29 is 18.7 Å². The van der Waals surface area contributed by atoms with Gasteiger partial charge in [-0.25, -0.2) is 4.39 Å². The summed E-state index contributed by atoms with van der Waals surface area (Å²) in [5.41, 5.74) is 2.65. The number of halogens is 1. The average Bonchev–Trinajstić information content (AvgIpc) is 2.56. The molecule has 1 atom stereocenters. The first-order valence-electron chi connectivity index (χ1n) is 7.72. The summed E-state index contributed by atoms with van der Waals surface area (Å²) < 4.78 is 18.0. The van der Waals surface area contributed by atoms with Gasteiger partial charge in [-0.2, -0.15) is 0 Å². The van der Waals surface area contributed by atoms with E-state index in [2.05, 4.69) is 5.32 Å². The van der Waals surface area contributed by atoms with Crippen LogP contribution < -0.4 is 5.32 Å². The quantitative estimate of drug-likeness (QED) is 0.829. The van der Waals surface area contributed by atoms with Gasteiger partial charge in [0.15, 0.2) is 6.10 Å². The highest BCUT2D eigenvalue weighted by Crippen LogP contribution is 2.09. The molecule has 126 valence electrons. The number of benzene rings is 2. The third-order valence-corrected chi connectivity index (χ3v) is 3.65. The zero-order valence-corrected chi connectivity index (χ0v) is 13.7. The summed E-state index contributed by atoms with van der Waals surface area (Å²) in [5, 5.41) is 2.66. The molecule has 0 radical (unpaired) electrons. The van der Waals surface area contributed by atoms with E-state index in [0.29, 0.717) is 0 Å². The molecule has 0 aliphatic rings. The molecule has 2 aromatic carbocycles. The number of ether oxygens (including phenoxy) is 1. The van der Waals surface area contributed by atoms with Crippen LogP contribution in [-0.4, -0.2) is 18.0 Å².